The van der Waals surface area contributed by atoms with Gasteiger partial charge in [0.25, 0.3) is 0 Å². The van der Waals surface area contributed by atoms with Gasteiger partial charge in [-0.3, -0.25) is 4.68 Å². The zero-order chi connectivity index (χ0) is 30.5. The van der Waals surface area contributed by atoms with Crippen LogP contribution in [0.5, 0.6) is 5.75 Å². The molecule has 3 heterocycles. The van der Waals surface area contributed by atoms with E-state index < -0.39 is 17.5 Å². The minimum Gasteiger partial charge on any atom is -0.497 e. The number of fused-ring (bicyclic) bond motifs is 5. The molecule has 0 amide bonds. The van der Waals surface area contributed by atoms with Crippen molar-refractivity contribution in [3.8, 4) is 17.0 Å². The summed E-state index contributed by atoms with van der Waals surface area (Å²) in [5, 5.41) is 15.7. The molecule has 6 rings (SSSR count). The Kier molecular flexibility index (Phi) is 7.40. The van der Waals surface area contributed by atoms with Crippen LogP contribution in [-0.4, -0.2) is 45.1 Å². The highest BCUT2D eigenvalue weighted by atomic mass is 16.5. The van der Waals surface area contributed by atoms with Gasteiger partial charge in [0.15, 0.2) is 0 Å². The highest BCUT2D eigenvalue weighted by Crippen LogP contribution is 2.48. The number of benzene rings is 2. The second-order valence-electron chi connectivity index (χ2n) is 12.6. The van der Waals surface area contributed by atoms with Crippen LogP contribution >= 0.6 is 0 Å². The Balaban J connectivity index is 1.70. The molecule has 2 aliphatic rings. The van der Waals surface area contributed by atoms with Crippen molar-refractivity contribution < 1.29 is 24.2 Å². The molecule has 0 unspecified atom stereocenters. The second-order valence-corrected chi connectivity index (χ2v) is 12.6. The normalized spacial score (nSPS) is 15.4. The molecule has 0 spiro atoms. The number of carboxylic acid groups (broad SMARTS) is 1. The summed E-state index contributed by atoms with van der Waals surface area (Å²) in [6, 6.07) is 11.6. The summed E-state index contributed by atoms with van der Waals surface area (Å²) < 4.78 is 15.3. The highest BCUT2D eigenvalue weighted by Gasteiger charge is 2.33. The number of aromatic nitrogens is 3. The van der Waals surface area contributed by atoms with Crippen LogP contribution in [0.1, 0.15) is 103 Å². The number of hydrogen-bond donors (Lipinski definition) is 1. The number of hydrogen-bond acceptors (Lipinski definition) is 5. The van der Waals surface area contributed by atoms with Crippen molar-refractivity contribution in [1.29, 1.82) is 0 Å². The average molecular weight is 582 g/mol. The molecule has 1 N–H and O–H groups in total. The standard InChI is InChI=1S/C35H39N3O5/c1-6-43-34(41)28-19-36-38(35(2,3)4)31(28)24-16-23-17-25(42-5)13-15-26(23)32-30(21-10-8-7-9-11-21)27-14-12-22(33(39)40)18-29(27)37(32)20-24/h12-19,21H,6-11,20H2,1-5H3,(H,39,40). The van der Waals surface area contributed by atoms with E-state index in [9.17, 15) is 14.7 Å². The van der Waals surface area contributed by atoms with Gasteiger partial charge in [0.2, 0.25) is 0 Å². The third kappa shape index (κ3) is 5.02. The molecule has 2 aromatic heterocycles. The summed E-state index contributed by atoms with van der Waals surface area (Å²) in [5.74, 6) is -0.268. The van der Waals surface area contributed by atoms with E-state index >= 15 is 0 Å². The molecule has 0 saturated heterocycles. The topological polar surface area (TPSA) is 95.6 Å². The minimum atomic E-state index is -0.957. The fourth-order valence-corrected chi connectivity index (χ4v) is 6.84. The molecule has 0 atom stereocenters. The zero-order valence-electron chi connectivity index (χ0n) is 25.6. The van der Waals surface area contributed by atoms with Gasteiger partial charge in [-0.1, -0.05) is 25.3 Å². The third-order valence-electron chi connectivity index (χ3n) is 8.74. The van der Waals surface area contributed by atoms with Gasteiger partial charge in [-0.2, -0.15) is 5.10 Å². The molecule has 0 bridgehead atoms. The van der Waals surface area contributed by atoms with Crippen molar-refractivity contribution in [3.05, 3.63) is 70.5 Å². The summed E-state index contributed by atoms with van der Waals surface area (Å²) in [6.07, 6.45) is 9.52. The largest absolute Gasteiger partial charge is 0.497 e. The van der Waals surface area contributed by atoms with E-state index in [2.05, 4.69) is 42.6 Å². The molecule has 1 fully saturated rings. The van der Waals surface area contributed by atoms with Gasteiger partial charge in [-0.05, 0) is 99.6 Å². The van der Waals surface area contributed by atoms with Crippen molar-refractivity contribution in [3.63, 3.8) is 0 Å². The number of allylic oxidation sites excluding steroid dienone is 1. The maximum absolute atomic E-state index is 13.3. The van der Waals surface area contributed by atoms with Gasteiger partial charge in [-0.15, -0.1) is 0 Å². The number of carbonyl (C=O) groups is 2. The Bertz CT molecular complexity index is 1760. The molecular weight excluding hydrogens is 542 g/mol. The van der Waals surface area contributed by atoms with E-state index in [1.807, 2.05) is 22.9 Å². The van der Waals surface area contributed by atoms with E-state index in [0.29, 0.717) is 23.7 Å². The van der Waals surface area contributed by atoms with Gasteiger partial charge in [-0.25, -0.2) is 9.59 Å². The van der Waals surface area contributed by atoms with Crippen molar-refractivity contribution in [2.45, 2.75) is 77.8 Å². The van der Waals surface area contributed by atoms with E-state index in [1.54, 1.807) is 32.4 Å². The maximum Gasteiger partial charge on any atom is 0.341 e. The Morgan fingerprint density at radius 3 is 2.49 bits per heavy atom. The lowest BCUT2D eigenvalue weighted by Gasteiger charge is -2.25. The van der Waals surface area contributed by atoms with Gasteiger partial charge in [0.1, 0.15) is 11.3 Å². The van der Waals surface area contributed by atoms with Crippen LogP contribution < -0.4 is 4.74 Å². The van der Waals surface area contributed by atoms with Gasteiger partial charge < -0.3 is 19.1 Å². The summed E-state index contributed by atoms with van der Waals surface area (Å²) in [6.45, 7) is 8.65. The zero-order valence-corrected chi connectivity index (χ0v) is 25.6. The quantitative estimate of drug-likeness (QED) is 0.234. The second kappa shape index (κ2) is 11.1. The number of methoxy groups -OCH3 is 1. The molecule has 1 aliphatic carbocycles. The number of rotatable bonds is 6. The summed E-state index contributed by atoms with van der Waals surface area (Å²) in [5.41, 5.74) is 7.12. The number of nitrogens with zero attached hydrogens (tertiary/aromatic N) is 3. The lowest BCUT2D eigenvalue weighted by atomic mass is 9.81. The summed E-state index contributed by atoms with van der Waals surface area (Å²) in [7, 11) is 1.66. The van der Waals surface area contributed by atoms with Crippen LogP contribution in [0.4, 0.5) is 0 Å². The van der Waals surface area contributed by atoms with Crippen LogP contribution in [0, 0.1) is 0 Å². The number of carbonyl (C=O) groups excluding carboxylic acids is 1. The summed E-state index contributed by atoms with van der Waals surface area (Å²) in [4.78, 5) is 25.4. The lowest BCUT2D eigenvalue weighted by molar-refractivity contribution is 0.0525. The van der Waals surface area contributed by atoms with E-state index in [0.717, 1.165) is 51.9 Å². The molecular formula is C35H39N3O5. The molecule has 0 radical (unpaired) electrons. The van der Waals surface area contributed by atoms with Crippen molar-refractivity contribution >= 4 is 34.5 Å². The number of esters is 1. The van der Waals surface area contributed by atoms with Crippen molar-refractivity contribution in [2.75, 3.05) is 13.7 Å². The molecule has 8 nitrogen and oxygen atoms in total. The first-order valence-corrected chi connectivity index (χ1v) is 15.2. The molecule has 2 aromatic carbocycles. The first kappa shape index (κ1) is 28.8. The van der Waals surface area contributed by atoms with Crippen LogP contribution in [0.15, 0.2) is 42.6 Å². The molecule has 224 valence electrons. The molecule has 1 saturated carbocycles. The van der Waals surface area contributed by atoms with Gasteiger partial charge in [0, 0.05) is 16.5 Å². The lowest BCUT2D eigenvalue weighted by Crippen LogP contribution is -2.26. The first-order valence-electron chi connectivity index (χ1n) is 15.2. The molecule has 8 heteroatoms. The van der Waals surface area contributed by atoms with Crippen LogP contribution in [-0.2, 0) is 16.8 Å². The fourth-order valence-electron chi connectivity index (χ4n) is 6.84. The Morgan fingerprint density at radius 2 is 1.81 bits per heavy atom. The van der Waals surface area contributed by atoms with E-state index in [-0.39, 0.29) is 12.2 Å². The van der Waals surface area contributed by atoms with E-state index in [4.69, 9.17) is 9.47 Å². The van der Waals surface area contributed by atoms with Gasteiger partial charge in [0.05, 0.1) is 48.9 Å². The smallest absolute Gasteiger partial charge is 0.341 e. The SMILES string of the molecule is CCOC(=O)c1cnn(C(C)(C)C)c1C1=Cc2cc(OC)ccc2-c2c(C3CCCCC3)c3ccc(C(=O)O)cc3n2C1. The van der Waals surface area contributed by atoms with Crippen molar-refractivity contribution in [1.82, 2.24) is 14.3 Å². The Morgan fingerprint density at radius 1 is 1.05 bits per heavy atom. The first-order chi connectivity index (χ1) is 20.6. The van der Waals surface area contributed by atoms with Gasteiger partial charge >= 0.3 is 11.9 Å². The Labute approximate surface area is 251 Å². The molecule has 1 aliphatic heterocycles. The monoisotopic (exact) mass is 581 g/mol. The molecule has 43 heavy (non-hydrogen) atoms. The van der Waals surface area contributed by atoms with Crippen LogP contribution in [0.25, 0.3) is 33.8 Å². The predicted molar refractivity (Wildman–Crippen MR) is 168 cm³/mol. The number of ether oxygens (including phenoxy) is 2. The predicted octanol–water partition coefficient (Wildman–Crippen LogP) is 7.75. The van der Waals surface area contributed by atoms with Crippen molar-refractivity contribution in [2.24, 2.45) is 0 Å². The summed E-state index contributed by atoms with van der Waals surface area (Å²) >= 11 is 0. The van der Waals surface area contributed by atoms with E-state index in [1.165, 1.54) is 24.8 Å². The van der Waals surface area contributed by atoms with Crippen LogP contribution in [0.2, 0.25) is 0 Å². The minimum absolute atomic E-state index is 0.250. The highest BCUT2D eigenvalue weighted by molar-refractivity contribution is 6.03. The number of aromatic carboxylic acids is 1. The fraction of sp³-hybridized carbons (Fsp3) is 0.400. The average Bonchev–Trinajstić information content (AvgIpc) is 3.53. The third-order valence-corrected chi connectivity index (χ3v) is 8.74. The molecule has 4 aromatic rings. The van der Waals surface area contributed by atoms with Crippen LogP contribution in [0.3, 0.4) is 0 Å². The number of carboxylic acids is 1. The Hall–Kier alpha value is -4.33. The maximum atomic E-state index is 13.3.